The molecule has 0 unspecified atom stereocenters. The number of nitrogens with two attached hydrogens (primary N) is 1. The van der Waals surface area contributed by atoms with Gasteiger partial charge in [0.05, 0.1) is 21.6 Å². The molecule has 0 saturated heterocycles. The van der Waals surface area contributed by atoms with Gasteiger partial charge in [-0.1, -0.05) is 0 Å². The van der Waals surface area contributed by atoms with Crippen LogP contribution < -0.4 is 11.4 Å². The van der Waals surface area contributed by atoms with E-state index in [-0.39, 0.29) is 10.6 Å². The van der Waals surface area contributed by atoms with Crippen molar-refractivity contribution in [2.75, 3.05) is 5.73 Å². The fourth-order valence-electron chi connectivity index (χ4n) is 2.15. The molecule has 2 aromatic carbocycles. The Morgan fingerprint density at radius 3 is 2.38 bits per heavy atom. The van der Waals surface area contributed by atoms with Crippen LogP contribution in [0.25, 0.3) is 16.7 Å². The first-order chi connectivity index (χ1) is 9.86. The second kappa shape index (κ2) is 4.47. The number of rotatable bonds is 2. The zero-order valence-electron chi connectivity index (χ0n) is 10.6. The van der Waals surface area contributed by atoms with Crippen LogP contribution in [0.5, 0.6) is 0 Å². The number of imidazole rings is 1. The van der Waals surface area contributed by atoms with Gasteiger partial charge in [0, 0.05) is 5.69 Å². The van der Waals surface area contributed by atoms with Crippen LogP contribution in [0.2, 0.25) is 0 Å². The van der Waals surface area contributed by atoms with Crippen LogP contribution in [0, 0.1) is 0 Å². The van der Waals surface area contributed by atoms with Crippen LogP contribution in [0.3, 0.4) is 0 Å². The van der Waals surface area contributed by atoms with Gasteiger partial charge in [-0.05, 0) is 42.5 Å². The van der Waals surface area contributed by atoms with Crippen molar-refractivity contribution >= 4 is 26.8 Å². The summed E-state index contributed by atoms with van der Waals surface area (Å²) >= 11 is 0. The van der Waals surface area contributed by atoms with Crippen molar-refractivity contribution in [2.45, 2.75) is 4.90 Å². The molecule has 0 aliphatic carbocycles. The largest absolute Gasteiger partial charge is 0.399 e. The molecule has 108 valence electrons. The number of nitrogen functional groups attached to an aromatic ring is 1. The fourth-order valence-corrected chi connectivity index (χ4v) is 2.63. The normalized spacial score (nSPS) is 11.9. The topological polar surface area (TPSA) is 118 Å². The highest BCUT2D eigenvalue weighted by molar-refractivity contribution is 7.85. The van der Waals surface area contributed by atoms with Crippen molar-refractivity contribution in [1.29, 1.82) is 0 Å². The summed E-state index contributed by atoms with van der Waals surface area (Å²) in [5, 5.41) is 0. The molecule has 21 heavy (non-hydrogen) atoms. The number of aromatic nitrogens is 2. The number of nitrogens with zero attached hydrogens (tertiary/aromatic N) is 1. The number of nitrogens with one attached hydrogen (secondary N) is 1. The van der Waals surface area contributed by atoms with E-state index >= 15 is 0 Å². The Balaban J connectivity index is 2.21. The van der Waals surface area contributed by atoms with Crippen LogP contribution in [-0.2, 0) is 10.1 Å². The molecule has 0 fully saturated rings. The molecule has 0 aliphatic heterocycles. The lowest BCUT2D eigenvalue weighted by molar-refractivity contribution is 0.483. The quantitative estimate of drug-likeness (QED) is 0.485. The summed E-state index contributed by atoms with van der Waals surface area (Å²) in [6, 6.07) is 10.3. The van der Waals surface area contributed by atoms with E-state index in [1.54, 1.807) is 18.2 Å². The predicted octanol–water partition coefficient (Wildman–Crippen LogP) is 1.15. The van der Waals surface area contributed by atoms with Crippen LogP contribution in [0.4, 0.5) is 5.69 Å². The molecule has 0 aliphatic rings. The third kappa shape index (κ3) is 2.30. The first-order valence-corrected chi connectivity index (χ1v) is 7.38. The summed E-state index contributed by atoms with van der Waals surface area (Å²) in [7, 11) is -4.26. The van der Waals surface area contributed by atoms with Crippen LogP contribution >= 0.6 is 0 Å². The van der Waals surface area contributed by atoms with Gasteiger partial charge in [-0.25, -0.2) is 4.79 Å². The van der Waals surface area contributed by atoms with Gasteiger partial charge in [-0.15, -0.1) is 0 Å². The predicted molar refractivity (Wildman–Crippen MR) is 78.1 cm³/mol. The van der Waals surface area contributed by atoms with Crippen molar-refractivity contribution in [3.05, 3.63) is 52.9 Å². The minimum atomic E-state index is -4.26. The Hall–Kier alpha value is -2.58. The van der Waals surface area contributed by atoms with E-state index in [9.17, 15) is 13.2 Å². The van der Waals surface area contributed by atoms with E-state index < -0.39 is 10.1 Å². The maximum Gasteiger partial charge on any atom is 0.331 e. The average Bonchev–Trinajstić information content (AvgIpc) is 2.73. The van der Waals surface area contributed by atoms with Gasteiger partial charge in [0.15, 0.2) is 0 Å². The highest BCUT2D eigenvalue weighted by atomic mass is 32.2. The summed E-state index contributed by atoms with van der Waals surface area (Å²) in [5.74, 6) is 0. The van der Waals surface area contributed by atoms with E-state index in [1.807, 2.05) is 0 Å². The fraction of sp³-hybridized carbons (Fsp3) is 0. The molecular weight excluding hydrogens is 294 g/mol. The molecule has 0 radical (unpaired) electrons. The Morgan fingerprint density at radius 2 is 1.76 bits per heavy atom. The third-order valence-corrected chi connectivity index (χ3v) is 3.97. The number of H-pyrrole nitrogens is 1. The Morgan fingerprint density at radius 1 is 1.10 bits per heavy atom. The molecule has 3 rings (SSSR count). The summed E-state index contributed by atoms with van der Waals surface area (Å²) in [6.07, 6.45) is 0. The van der Waals surface area contributed by atoms with Crippen molar-refractivity contribution < 1.29 is 13.0 Å². The molecular formula is C13H11N3O4S. The molecule has 0 bridgehead atoms. The van der Waals surface area contributed by atoms with E-state index in [1.165, 1.54) is 28.8 Å². The highest BCUT2D eigenvalue weighted by Gasteiger charge is 2.12. The van der Waals surface area contributed by atoms with E-state index in [2.05, 4.69) is 4.98 Å². The minimum absolute atomic E-state index is 0.233. The molecule has 0 saturated carbocycles. The maximum atomic E-state index is 12.0. The maximum absolute atomic E-state index is 12.0. The van der Waals surface area contributed by atoms with Gasteiger partial charge in [0.1, 0.15) is 0 Å². The van der Waals surface area contributed by atoms with Crippen LogP contribution in [0.15, 0.2) is 52.2 Å². The van der Waals surface area contributed by atoms with E-state index in [4.69, 9.17) is 10.3 Å². The first-order valence-electron chi connectivity index (χ1n) is 5.94. The molecule has 0 atom stereocenters. The summed E-state index contributed by atoms with van der Waals surface area (Å²) < 4.78 is 32.4. The minimum Gasteiger partial charge on any atom is -0.399 e. The monoisotopic (exact) mass is 305 g/mol. The van der Waals surface area contributed by atoms with Gasteiger partial charge in [-0.3, -0.25) is 9.12 Å². The zero-order chi connectivity index (χ0) is 15.2. The van der Waals surface area contributed by atoms with Crippen molar-refractivity contribution in [3.8, 4) is 5.69 Å². The molecule has 8 heteroatoms. The molecule has 1 heterocycles. The second-order valence-electron chi connectivity index (χ2n) is 4.51. The molecule has 4 N–H and O–H groups in total. The smallest absolute Gasteiger partial charge is 0.331 e. The van der Waals surface area contributed by atoms with Gasteiger partial charge in [-0.2, -0.15) is 8.42 Å². The Bertz CT molecular complexity index is 984. The summed E-state index contributed by atoms with van der Waals surface area (Å²) in [6.45, 7) is 0. The SMILES string of the molecule is Nc1ccc2c(c1)[nH]c(=O)n2-c1ccc(S(=O)(=O)O)cc1. The lowest BCUT2D eigenvalue weighted by Crippen LogP contribution is -2.14. The number of hydrogen-bond donors (Lipinski definition) is 3. The third-order valence-electron chi connectivity index (χ3n) is 3.10. The lowest BCUT2D eigenvalue weighted by atomic mass is 10.2. The summed E-state index contributed by atoms with van der Waals surface area (Å²) in [5.41, 5.74) is 7.50. The van der Waals surface area contributed by atoms with Crippen molar-refractivity contribution in [1.82, 2.24) is 9.55 Å². The number of benzene rings is 2. The molecule has 0 amide bonds. The van der Waals surface area contributed by atoms with Crippen molar-refractivity contribution in [2.24, 2.45) is 0 Å². The first kappa shape index (κ1) is 13.4. The average molecular weight is 305 g/mol. The van der Waals surface area contributed by atoms with E-state index in [0.29, 0.717) is 22.4 Å². The van der Waals surface area contributed by atoms with E-state index in [0.717, 1.165) is 0 Å². The zero-order valence-corrected chi connectivity index (χ0v) is 11.5. The Labute approximate surface area is 119 Å². The molecule has 3 aromatic rings. The van der Waals surface area contributed by atoms with Crippen molar-refractivity contribution in [3.63, 3.8) is 0 Å². The van der Waals surface area contributed by atoms with Crippen LogP contribution in [-0.4, -0.2) is 22.5 Å². The second-order valence-corrected chi connectivity index (χ2v) is 5.93. The number of fused-ring (bicyclic) bond motifs is 1. The molecule has 0 spiro atoms. The lowest BCUT2D eigenvalue weighted by Gasteiger charge is -2.04. The van der Waals surface area contributed by atoms with Gasteiger partial charge in [0.25, 0.3) is 10.1 Å². The molecule has 1 aromatic heterocycles. The van der Waals surface area contributed by atoms with Gasteiger partial charge >= 0.3 is 5.69 Å². The van der Waals surface area contributed by atoms with Gasteiger partial charge in [0.2, 0.25) is 0 Å². The van der Waals surface area contributed by atoms with Gasteiger partial charge < -0.3 is 10.7 Å². The summed E-state index contributed by atoms with van der Waals surface area (Å²) in [4.78, 5) is 14.5. The number of aromatic amines is 1. The van der Waals surface area contributed by atoms with Crippen LogP contribution in [0.1, 0.15) is 0 Å². The highest BCUT2D eigenvalue weighted by Crippen LogP contribution is 2.19. The Kier molecular flexibility index (Phi) is 2.85. The number of anilines is 1. The standard InChI is InChI=1S/C13H11N3O4S/c14-8-1-6-12-11(7-8)15-13(17)16(12)9-2-4-10(5-3-9)21(18,19)20/h1-7H,14H2,(H,15,17)(H,18,19,20). The molecule has 7 nitrogen and oxygen atoms in total. The number of hydrogen-bond acceptors (Lipinski definition) is 4.